The molecule has 1 fully saturated rings. The first-order valence-corrected chi connectivity index (χ1v) is 10.8. The highest BCUT2D eigenvalue weighted by Crippen LogP contribution is 2.31. The molecule has 0 bridgehead atoms. The Hall–Kier alpha value is -2.03. The Morgan fingerprint density at radius 3 is 2.33 bits per heavy atom. The van der Waals surface area contributed by atoms with Crippen molar-refractivity contribution in [1.29, 1.82) is 0 Å². The number of ether oxygens (including phenoxy) is 3. The maximum Gasteiger partial charge on any atom is 0.248 e. The van der Waals surface area contributed by atoms with E-state index in [1.165, 1.54) is 0 Å². The van der Waals surface area contributed by atoms with E-state index >= 15 is 0 Å². The van der Waals surface area contributed by atoms with Crippen molar-refractivity contribution < 1.29 is 19.0 Å². The summed E-state index contributed by atoms with van der Waals surface area (Å²) in [5.41, 5.74) is 0.792. The first-order valence-electron chi connectivity index (χ1n) is 10.8. The molecule has 166 valence electrons. The van der Waals surface area contributed by atoms with E-state index in [1.807, 2.05) is 38.2 Å². The van der Waals surface area contributed by atoms with Gasteiger partial charge in [-0.2, -0.15) is 0 Å². The molecule has 5 heteroatoms. The molecule has 0 radical (unpaired) electrons. The van der Waals surface area contributed by atoms with Gasteiger partial charge in [-0.1, -0.05) is 25.7 Å². The van der Waals surface area contributed by atoms with Crippen molar-refractivity contribution in [2.75, 3.05) is 20.3 Å². The predicted molar refractivity (Wildman–Crippen MR) is 119 cm³/mol. The molecule has 1 saturated carbocycles. The van der Waals surface area contributed by atoms with Crippen LogP contribution in [-0.2, 0) is 14.3 Å². The highest BCUT2D eigenvalue weighted by Gasteiger charge is 2.34. The van der Waals surface area contributed by atoms with E-state index in [4.69, 9.17) is 14.2 Å². The van der Waals surface area contributed by atoms with Crippen LogP contribution >= 0.6 is 0 Å². The van der Waals surface area contributed by atoms with Gasteiger partial charge in [0.15, 0.2) is 0 Å². The van der Waals surface area contributed by atoms with Crippen molar-refractivity contribution in [3.8, 4) is 17.6 Å². The van der Waals surface area contributed by atoms with Crippen molar-refractivity contribution in [2.24, 2.45) is 5.92 Å². The highest BCUT2D eigenvalue weighted by atomic mass is 16.5. The number of benzene rings is 1. The second kappa shape index (κ2) is 10.8. The maximum atomic E-state index is 12.1. The molecule has 1 unspecified atom stereocenters. The molecule has 5 nitrogen and oxygen atoms in total. The molecule has 1 aliphatic carbocycles. The number of nitrogens with zero attached hydrogens (tertiary/aromatic N) is 1. The van der Waals surface area contributed by atoms with E-state index in [0.29, 0.717) is 12.0 Å². The van der Waals surface area contributed by atoms with Crippen LogP contribution in [0, 0.1) is 17.8 Å². The minimum atomic E-state index is -0.102. The maximum absolute atomic E-state index is 12.1. The van der Waals surface area contributed by atoms with Crippen molar-refractivity contribution in [3.05, 3.63) is 29.8 Å². The molecule has 0 aliphatic heterocycles. The van der Waals surface area contributed by atoms with Crippen LogP contribution < -0.4 is 4.74 Å². The van der Waals surface area contributed by atoms with Crippen LogP contribution in [0.25, 0.3) is 0 Å². The smallest absolute Gasteiger partial charge is 0.248 e. The van der Waals surface area contributed by atoms with Gasteiger partial charge in [0.2, 0.25) is 5.91 Å². The lowest BCUT2D eigenvalue weighted by Crippen LogP contribution is -2.43. The molecule has 1 atom stereocenters. The molecule has 1 amide bonds. The predicted octanol–water partition coefficient (Wildman–Crippen LogP) is 4.28. The fraction of sp³-hybridized carbons (Fsp3) is 0.640. The zero-order chi connectivity index (χ0) is 22.3. The molecule has 30 heavy (non-hydrogen) atoms. The number of carbonyl (C=O) groups excluding carboxylic acids is 1. The molecular weight excluding hydrogens is 378 g/mol. The van der Waals surface area contributed by atoms with E-state index in [9.17, 15) is 4.79 Å². The van der Waals surface area contributed by atoms with Crippen LogP contribution in [0.3, 0.4) is 0 Å². The van der Waals surface area contributed by atoms with Gasteiger partial charge in [0, 0.05) is 31.5 Å². The summed E-state index contributed by atoms with van der Waals surface area (Å²) >= 11 is 0. The molecule has 0 heterocycles. The third-order valence-electron chi connectivity index (χ3n) is 5.33. The lowest BCUT2D eigenvalue weighted by Gasteiger charge is -2.39. The third-order valence-corrected chi connectivity index (χ3v) is 5.33. The zero-order valence-corrected chi connectivity index (χ0v) is 19.5. The molecule has 0 N–H and O–H groups in total. The first kappa shape index (κ1) is 24.2. The molecule has 0 spiro atoms. The largest absolute Gasteiger partial charge is 0.490 e. The van der Waals surface area contributed by atoms with Crippen LogP contribution in [0.4, 0.5) is 0 Å². The van der Waals surface area contributed by atoms with Gasteiger partial charge in [-0.05, 0) is 57.9 Å². The number of hydrogen-bond donors (Lipinski definition) is 0. The number of hydrogen-bond acceptors (Lipinski definition) is 4. The number of rotatable bonds is 8. The van der Waals surface area contributed by atoms with E-state index in [-0.39, 0.29) is 36.9 Å². The van der Waals surface area contributed by atoms with Gasteiger partial charge in [0.1, 0.15) is 25.1 Å². The Labute approximate surface area is 182 Å². The molecule has 1 aromatic rings. The summed E-state index contributed by atoms with van der Waals surface area (Å²) in [6, 6.07) is 7.94. The summed E-state index contributed by atoms with van der Waals surface area (Å²) < 4.78 is 17.3. The Bertz CT molecular complexity index is 733. The first-order chi connectivity index (χ1) is 14.0. The van der Waals surface area contributed by atoms with E-state index < -0.39 is 0 Å². The van der Waals surface area contributed by atoms with E-state index in [0.717, 1.165) is 24.2 Å². The molecule has 0 saturated heterocycles. The Morgan fingerprint density at radius 1 is 1.13 bits per heavy atom. The second-order valence-electron chi connectivity index (χ2n) is 9.37. The average molecular weight is 416 g/mol. The summed E-state index contributed by atoms with van der Waals surface area (Å²) in [6.07, 6.45) is 2.37. The van der Waals surface area contributed by atoms with Crippen molar-refractivity contribution in [2.45, 2.75) is 78.2 Å². The van der Waals surface area contributed by atoms with Gasteiger partial charge in [-0.15, -0.1) is 0 Å². The van der Waals surface area contributed by atoms with Gasteiger partial charge in [-0.25, -0.2) is 0 Å². The zero-order valence-electron chi connectivity index (χ0n) is 19.5. The van der Waals surface area contributed by atoms with Crippen LogP contribution in [0.15, 0.2) is 24.3 Å². The molecular formula is C25H37NO4. The topological polar surface area (TPSA) is 48.0 Å². The van der Waals surface area contributed by atoms with Crippen LogP contribution in [0.5, 0.6) is 5.75 Å². The Morgan fingerprint density at radius 2 is 1.77 bits per heavy atom. The van der Waals surface area contributed by atoms with Crippen LogP contribution in [0.2, 0.25) is 0 Å². The quantitative estimate of drug-likeness (QED) is 0.470. The van der Waals surface area contributed by atoms with E-state index in [1.54, 1.807) is 4.90 Å². The Kier molecular flexibility index (Phi) is 8.76. The SMILES string of the molecule is CC(C)C(C)N(C)C(=O)COCC#Cc1ccc(OC2CC(OC(C)(C)C)C2)cc1. The summed E-state index contributed by atoms with van der Waals surface area (Å²) in [4.78, 5) is 13.8. The summed E-state index contributed by atoms with van der Waals surface area (Å²) in [5.74, 6) is 7.25. The van der Waals surface area contributed by atoms with Gasteiger partial charge in [0.05, 0.1) is 11.7 Å². The summed E-state index contributed by atoms with van der Waals surface area (Å²) in [6.45, 7) is 12.8. The number of carbonyl (C=O) groups is 1. The van der Waals surface area contributed by atoms with Crippen molar-refractivity contribution in [1.82, 2.24) is 4.90 Å². The monoisotopic (exact) mass is 415 g/mol. The highest BCUT2D eigenvalue weighted by molar-refractivity contribution is 5.77. The van der Waals surface area contributed by atoms with Gasteiger partial charge >= 0.3 is 0 Å². The lowest BCUT2D eigenvalue weighted by atomic mass is 9.91. The van der Waals surface area contributed by atoms with Crippen LogP contribution in [-0.4, -0.2) is 54.9 Å². The number of amides is 1. The average Bonchev–Trinajstić information content (AvgIpc) is 2.64. The second-order valence-corrected chi connectivity index (χ2v) is 9.37. The fourth-order valence-electron chi connectivity index (χ4n) is 3.12. The third kappa shape index (κ3) is 8.01. The lowest BCUT2D eigenvalue weighted by molar-refractivity contribution is -0.136. The molecule has 0 aromatic heterocycles. The van der Waals surface area contributed by atoms with Crippen molar-refractivity contribution >= 4 is 5.91 Å². The summed E-state index contributed by atoms with van der Waals surface area (Å²) in [5, 5.41) is 0. The minimum Gasteiger partial charge on any atom is -0.490 e. The minimum absolute atomic E-state index is 0.0226. The fourth-order valence-corrected chi connectivity index (χ4v) is 3.12. The Balaban J connectivity index is 1.68. The molecule has 1 aromatic carbocycles. The van der Waals surface area contributed by atoms with Gasteiger partial charge in [-0.3, -0.25) is 4.79 Å². The summed E-state index contributed by atoms with van der Waals surface area (Å²) in [7, 11) is 1.81. The van der Waals surface area contributed by atoms with Gasteiger partial charge in [0.25, 0.3) is 0 Å². The molecule has 2 rings (SSSR count). The standard InChI is InChI=1S/C25H37NO4/c1-18(2)19(3)26(7)24(27)17-28-14-8-9-20-10-12-21(13-11-20)29-22-15-23(16-22)30-25(4,5)6/h10-13,18-19,22-23H,14-17H2,1-7H3. The van der Waals surface area contributed by atoms with Crippen LogP contribution in [0.1, 0.15) is 59.9 Å². The van der Waals surface area contributed by atoms with E-state index in [2.05, 4.69) is 46.5 Å². The normalized spacial score (nSPS) is 19.5. The van der Waals surface area contributed by atoms with Crippen molar-refractivity contribution in [3.63, 3.8) is 0 Å². The number of likely N-dealkylation sites (N-methyl/N-ethyl adjacent to an activating group) is 1. The van der Waals surface area contributed by atoms with Gasteiger partial charge < -0.3 is 19.1 Å². The molecule has 1 aliphatic rings.